The maximum atomic E-state index is 12.5. The van der Waals surface area contributed by atoms with E-state index in [0.29, 0.717) is 5.75 Å². The van der Waals surface area contributed by atoms with Gasteiger partial charge in [-0.1, -0.05) is 6.92 Å². The first-order chi connectivity index (χ1) is 9.95. The van der Waals surface area contributed by atoms with Crippen molar-refractivity contribution < 1.29 is 22.6 Å². The third-order valence-electron chi connectivity index (χ3n) is 3.65. The number of alkyl halides is 3. The van der Waals surface area contributed by atoms with Crippen LogP contribution in [0.4, 0.5) is 13.2 Å². The lowest BCUT2D eigenvalue weighted by Gasteiger charge is -2.43. The van der Waals surface area contributed by atoms with Crippen molar-refractivity contribution in [3.05, 3.63) is 29.8 Å². The molecular weight excluding hydrogens is 283 g/mol. The van der Waals surface area contributed by atoms with E-state index in [0.717, 1.165) is 31.5 Å². The van der Waals surface area contributed by atoms with Crippen LogP contribution in [0.25, 0.3) is 0 Å². The topological polar surface area (TPSA) is 30.5 Å². The van der Waals surface area contributed by atoms with E-state index in [1.165, 1.54) is 12.1 Å². The SMILES string of the molecule is CCCNC1CC(Oc2ccc(C(F)(F)F)cc2)C1OC. The molecule has 3 atom stereocenters. The number of methoxy groups -OCH3 is 1. The first-order valence-electron chi connectivity index (χ1n) is 7.05. The largest absolute Gasteiger partial charge is 0.488 e. The lowest BCUT2D eigenvalue weighted by atomic mass is 9.85. The van der Waals surface area contributed by atoms with E-state index in [2.05, 4.69) is 12.2 Å². The van der Waals surface area contributed by atoms with Gasteiger partial charge in [-0.2, -0.15) is 13.2 Å². The Morgan fingerprint density at radius 1 is 1.24 bits per heavy atom. The first-order valence-corrected chi connectivity index (χ1v) is 7.05. The van der Waals surface area contributed by atoms with E-state index in [1.807, 2.05) is 0 Å². The first kappa shape index (κ1) is 16.1. The van der Waals surface area contributed by atoms with Crippen molar-refractivity contribution in [1.29, 1.82) is 0 Å². The van der Waals surface area contributed by atoms with Gasteiger partial charge >= 0.3 is 6.18 Å². The average Bonchev–Trinajstić information content (AvgIpc) is 2.42. The summed E-state index contributed by atoms with van der Waals surface area (Å²) in [5, 5.41) is 3.36. The van der Waals surface area contributed by atoms with Crippen molar-refractivity contribution in [3.8, 4) is 5.75 Å². The molecule has 1 aromatic carbocycles. The molecule has 0 bridgehead atoms. The van der Waals surface area contributed by atoms with Crippen LogP contribution in [-0.2, 0) is 10.9 Å². The minimum Gasteiger partial charge on any atom is -0.488 e. The molecule has 0 heterocycles. The van der Waals surface area contributed by atoms with E-state index in [1.54, 1.807) is 7.11 Å². The van der Waals surface area contributed by atoms with Gasteiger partial charge < -0.3 is 14.8 Å². The zero-order valence-electron chi connectivity index (χ0n) is 12.1. The quantitative estimate of drug-likeness (QED) is 0.875. The molecule has 1 aromatic rings. The molecule has 1 aliphatic rings. The number of nitrogens with one attached hydrogen (secondary N) is 1. The second kappa shape index (κ2) is 6.66. The third kappa shape index (κ3) is 3.89. The molecule has 2 rings (SSSR count). The van der Waals surface area contributed by atoms with Gasteiger partial charge in [0, 0.05) is 19.6 Å². The van der Waals surface area contributed by atoms with E-state index in [4.69, 9.17) is 9.47 Å². The maximum Gasteiger partial charge on any atom is 0.416 e. The molecule has 3 nitrogen and oxygen atoms in total. The fraction of sp³-hybridized carbons (Fsp3) is 0.600. The van der Waals surface area contributed by atoms with Crippen LogP contribution < -0.4 is 10.1 Å². The minimum absolute atomic E-state index is 0.0705. The van der Waals surface area contributed by atoms with Crippen molar-refractivity contribution in [1.82, 2.24) is 5.32 Å². The molecule has 0 saturated heterocycles. The molecule has 0 radical (unpaired) electrons. The van der Waals surface area contributed by atoms with Crippen LogP contribution in [0.15, 0.2) is 24.3 Å². The summed E-state index contributed by atoms with van der Waals surface area (Å²) in [6.45, 7) is 3.00. The zero-order chi connectivity index (χ0) is 15.5. The molecule has 6 heteroatoms. The molecule has 0 aliphatic heterocycles. The predicted molar refractivity (Wildman–Crippen MR) is 73.4 cm³/mol. The summed E-state index contributed by atoms with van der Waals surface area (Å²) in [6, 6.07) is 5.00. The van der Waals surface area contributed by atoms with Gasteiger partial charge in [0.2, 0.25) is 0 Å². The van der Waals surface area contributed by atoms with Crippen LogP contribution in [0, 0.1) is 0 Å². The summed E-state index contributed by atoms with van der Waals surface area (Å²) >= 11 is 0. The standard InChI is InChI=1S/C15H20F3NO2/c1-3-8-19-12-9-13(14(12)20-2)21-11-6-4-10(5-7-11)15(16,17)18/h4-7,12-14,19H,3,8-9H2,1-2H3. The summed E-state index contributed by atoms with van der Waals surface area (Å²) < 4.78 is 48.5. The summed E-state index contributed by atoms with van der Waals surface area (Å²) in [5.74, 6) is 0.434. The van der Waals surface area contributed by atoms with Gasteiger partial charge in [-0.3, -0.25) is 0 Å². The van der Waals surface area contributed by atoms with Crippen LogP contribution in [-0.4, -0.2) is 31.9 Å². The second-order valence-corrected chi connectivity index (χ2v) is 5.18. The highest BCUT2D eigenvalue weighted by Crippen LogP contribution is 2.32. The monoisotopic (exact) mass is 303 g/mol. The predicted octanol–water partition coefficient (Wildman–Crippen LogP) is 3.24. The summed E-state index contributed by atoms with van der Waals surface area (Å²) in [4.78, 5) is 0. The van der Waals surface area contributed by atoms with Crippen molar-refractivity contribution in [2.24, 2.45) is 0 Å². The smallest absolute Gasteiger partial charge is 0.416 e. The maximum absolute atomic E-state index is 12.5. The molecule has 1 N–H and O–H groups in total. The lowest BCUT2D eigenvalue weighted by Crippen LogP contribution is -2.61. The number of halogens is 3. The number of hydrogen-bond acceptors (Lipinski definition) is 3. The molecule has 1 aliphatic carbocycles. The number of hydrogen-bond donors (Lipinski definition) is 1. The average molecular weight is 303 g/mol. The Morgan fingerprint density at radius 2 is 1.90 bits per heavy atom. The summed E-state index contributed by atoms with van der Waals surface area (Å²) in [7, 11) is 1.62. The van der Waals surface area contributed by atoms with Gasteiger partial charge in [-0.25, -0.2) is 0 Å². The van der Waals surface area contributed by atoms with Crippen molar-refractivity contribution in [2.75, 3.05) is 13.7 Å². The van der Waals surface area contributed by atoms with Crippen molar-refractivity contribution >= 4 is 0 Å². The van der Waals surface area contributed by atoms with Crippen molar-refractivity contribution in [2.45, 2.75) is 44.2 Å². The molecule has 0 aromatic heterocycles. The zero-order valence-corrected chi connectivity index (χ0v) is 12.1. The Hall–Kier alpha value is -1.27. The summed E-state index contributed by atoms with van der Waals surface area (Å²) in [6.07, 6.45) is -2.68. The highest BCUT2D eigenvalue weighted by molar-refractivity contribution is 5.29. The molecule has 0 spiro atoms. The van der Waals surface area contributed by atoms with Gasteiger partial charge in [0.25, 0.3) is 0 Å². The van der Waals surface area contributed by atoms with Crippen LogP contribution in [0.5, 0.6) is 5.75 Å². The normalized spacial score (nSPS) is 25.5. The number of benzene rings is 1. The van der Waals surface area contributed by atoms with E-state index in [-0.39, 0.29) is 18.2 Å². The minimum atomic E-state index is -4.32. The summed E-state index contributed by atoms with van der Waals surface area (Å²) in [5.41, 5.74) is -0.672. The molecule has 3 unspecified atom stereocenters. The number of rotatable bonds is 6. The van der Waals surface area contributed by atoms with Gasteiger partial charge in [0.15, 0.2) is 0 Å². The molecule has 21 heavy (non-hydrogen) atoms. The lowest BCUT2D eigenvalue weighted by molar-refractivity contribution is -0.137. The van der Waals surface area contributed by atoms with Gasteiger partial charge in [-0.05, 0) is 37.2 Å². The van der Waals surface area contributed by atoms with E-state index >= 15 is 0 Å². The number of ether oxygens (including phenoxy) is 2. The van der Waals surface area contributed by atoms with Crippen LogP contribution >= 0.6 is 0 Å². The molecular formula is C15H20F3NO2. The second-order valence-electron chi connectivity index (χ2n) is 5.18. The van der Waals surface area contributed by atoms with Crippen molar-refractivity contribution in [3.63, 3.8) is 0 Å². The van der Waals surface area contributed by atoms with E-state index in [9.17, 15) is 13.2 Å². The van der Waals surface area contributed by atoms with Crippen LogP contribution in [0.1, 0.15) is 25.3 Å². The van der Waals surface area contributed by atoms with Crippen LogP contribution in [0.2, 0.25) is 0 Å². The molecule has 118 valence electrons. The fourth-order valence-corrected chi connectivity index (χ4v) is 2.44. The molecule has 1 fully saturated rings. The van der Waals surface area contributed by atoms with Crippen LogP contribution in [0.3, 0.4) is 0 Å². The Morgan fingerprint density at radius 3 is 2.43 bits per heavy atom. The highest BCUT2D eigenvalue weighted by atomic mass is 19.4. The highest BCUT2D eigenvalue weighted by Gasteiger charge is 2.43. The van der Waals surface area contributed by atoms with E-state index < -0.39 is 11.7 Å². The van der Waals surface area contributed by atoms with Gasteiger partial charge in [0.1, 0.15) is 18.0 Å². The Labute approximate surface area is 122 Å². The molecule has 1 saturated carbocycles. The van der Waals surface area contributed by atoms with Gasteiger partial charge in [0.05, 0.1) is 5.56 Å². The Balaban J connectivity index is 1.90. The fourth-order valence-electron chi connectivity index (χ4n) is 2.44. The molecule has 0 amide bonds. The van der Waals surface area contributed by atoms with Gasteiger partial charge in [-0.15, -0.1) is 0 Å². The third-order valence-corrected chi connectivity index (χ3v) is 3.65. The Kier molecular flexibility index (Phi) is 5.11. The Bertz CT molecular complexity index is 447.